The van der Waals surface area contributed by atoms with Gasteiger partial charge in [0.2, 0.25) is 0 Å². The Labute approximate surface area is 136 Å². The van der Waals surface area contributed by atoms with Crippen molar-refractivity contribution in [1.29, 1.82) is 0 Å². The number of aromatic nitrogens is 4. The van der Waals surface area contributed by atoms with E-state index >= 15 is 0 Å². The minimum absolute atomic E-state index is 0.202. The molecule has 0 spiro atoms. The van der Waals surface area contributed by atoms with Crippen LogP contribution in [0.4, 0.5) is 0 Å². The molecule has 0 amide bonds. The monoisotopic (exact) mass is 317 g/mol. The fraction of sp³-hybridized carbons (Fsp3) is 0.562. The van der Waals surface area contributed by atoms with Crippen LogP contribution in [0.3, 0.4) is 0 Å². The predicted octanol–water partition coefficient (Wildman–Crippen LogP) is 1.79. The van der Waals surface area contributed by atoms with Crippen molar-refractivity contribution in [2.45, 2.75) is 39.0 Å². The van der Waals surface area contributed by atoms with E-state index in [9.17, 15) is 0 Å². The maximum absolute atomic E-state index is 5.57. The predicted molar refractivity (Wildman–Crippen MR) is 85.2 cm³/mol. The number of imidazole rings is 1. The zero-order chi connectivity index (χ0) is 16.4. The van der Waals surface area contributed by atoms with Gasteiger partial charge in [0.15, 0.2) is 0 Å². The smallest absolute Gasteiger partial charge is 0.316 e. The summed E-state index contributed by atoms with van der Waals surface area (Å²) in [6.45, 7) is 5.64. The van der Waals surface area contributed by atoms with Crippen LogP contribution in [0.5, 0.6) is 6.01 Å². The standard InChI is InChI=1S/C16H23N5O2/c1-10-11(2)19-15(18-10)14-7-13(22-3)9-21(14)8-12-5-6-17-16(20-12)23-4/h5-6,13-14H,7-9H2,1-4H3,(H,18,19)/t13-,14+/m1/s1. The number of nitrogens with zero attached hydrogens (tertiary/aromatic N) is 4. The summed E-state index contributed by atoms with van der Waals surface area (Å²) < 4.78 is 10.7. The first-order valence-corrected chi connectivity index (χ1v) is 7.76. The van der Waals surface area contributed by atoms with Crippen molar-refractivity contribution in [3.8, 4) is 6.01 Å². The van der Waals surface area contributed by atoms with Gasteiger partial charge in [-0.15, -0.1) is 0 Å². The second-order valence-corrected chi connectivity index (χ2v) is 5.91. The molecule has 3 heterocycles. The first-order valence-electron chi connectivity index (χ1n) is 7.76. The molecule has 124 valence electrons. The molecule has 2 aromatic rings. The third kappa shape index (κ3) is 3.35. The molecule has 1 aliphatic rings. The molecule has 0 radical (unpaired) electrons. The molecule has 1 saturated heterocycles. The lowest BCUT2D eigenvalue weighted by atomic mass is 10.2. The summed E-state index contributed by atoms with van der Waals surface area (Å²) in [5.41, 5.74) is 3.09. The molecule has 1 fully saturated rings. The Kier molecular flexibility index (Phi) is 4.58. The maximum atomic E-state index is 5.57. The van der Waals surface area contributed by atoms with Crippen LogP contribution in [0.2, 0.25) is 0 Å². The van der Waals surface area contributed by atoms with Crippen LogP contribution in [0.15, 0.2) is 12.3 Å². The summed E-state index contributed by atoms with van der Waals surface area (Å²) >= 11 is 0. The molecular formula is C16H23N5O2. The second kappa shape index (κ2) is 6.64. The molecule has 7 nitrogen and oxygen atoms in total. The molecule has 0 saturated carbocycles. The summed E-state index contributed by atoms with van der Waals surface area (Å²) in [5.74, 6) is 1.00. The first kappa shape index (κ1) is 15.9. The fourth-order valence-corrected chi connectivity index (χ4v) is 2.99. The van der Waals surface area contributed by atoms with Crippen LogP contribution in [-0.2, 0) is 11.3 Å². The summed E-state index contributed by atoms with van der Waals surface area (Å²) in [5, 5.41) is 0. The van der Waals surface area contributed by atoms with Crippen molar-refractivity contribution in [2.24, 2.45) is 0 Å². The molecule has 1 aliphatic heterocycles. The number of nitrogens with one attached hydrogen (secondary N) is 1. The summed E-state index contributed by atoms with van der Waals surface area (Å²) in [6, 6.07) is 2.51. The Morgan fingerprint density at radius 3 is 2.78 bits per heavy atom. The normalized spacial score (nSPS) is 21.7. The molecule has 0 unspecified atom stereocenters. The number of aryl methyl sites for hydroxylation is 2. The largest absolute Gasteiger partial charge is 0.467 e. The molecular weight excluding hydrogens is 294 g/mol. The number of likely N-dealkylation sites (tertiary alicyclic amines) is 1. The van der Waals surface area contributed by atoms with Crippen LogP contribution < -0.4 is 4.74 Å². The summed E-state index contributed by atoms with van der Waals surface area (Å²) in [4.78, 5) is 18.9. The molecule has 0 bridgehead atoms. The van der Waals surface area contributed by atoms with Crippen LogP contribution in [0, 0.1) is 13.8 Å². The van der Waals surface area contributed by atoms with E-state index in [1.807, 2.05) is 19.9 Å². The van der Waals surface area contributed by atoms with Crippen LogP contribution >= 0.6 is 0 Å². The van der Waals surface area contributed by atoms with Crippen LogP contribution in [0.25, 0.3) is 0 Å². The number of ether oxygens (including phenoxy) is 2. The van der Waals surface area contributed by atoms with E-state index < -0.39 is 0 Å². The van der Waals surface area contributed by atoms with Crippen LogP contribution in [-0.4, -0.2) is 51.7 Å². The molecule has 2 aromatic heterocycles. The molecule has 23 heavy (non-hydrogen) atoms. The van der Waals surface area contributed by atoms with Gasteiger partial charge in [0.25, 0.3) is 0 Å². The van der Waals surface area contributed by atoms with Crippen molar-refractivity contribution >= 4 is 0 Å². The lowest BCUT2D eigenvalue weighted by molar-refractivity contribution is 0.107. The van der Waals surface area contributed by atoms with E-state index in [1.54, 1.807) is 20.4 Å². The van der Waals surface area contributed by atoms with Gasteiger partial charge < -0.3 is 14.5 Å². The molecule has 7 heteroatoms. The molecule has 0 aliphatic carbocycles. The van der Waals surface area contributed by atoms with Gasteiger partial charge in [0.1, 0.15) is 5.82 Å². The Hall–Kier alpha value is -1.99. The number of H-pyrrole nitrogens is 1. The Morgan fingerprint density at radius 1 is 1.30 bits per heavy atom. The Bertz CT molecular complexity index is 653. The lowest BCUT2D eigenvalue weighted by Gasteiger charge is -2.22. The first-order chi connectivity index (χ1) is 11.1. The maximum Gasteiger partial charge on any atom is 0.316 e. The van der Waals surface area contributed by atoms with E-state index in [0.29, 0.717) is 12.6 Å². The average Bonchev–Trinajstić information content (AvgIpc) is 3.11. The van der Waals surface area contributed by atoms with Gasteiger partial charge in [-0.05, 0) is 26.3 Å². The Morgan fingerprint density at radius 2 is 2.13 bits per heavy atom. The zero-order valence-electron chi connectivity index (χ0n) is 14.0. The van der Waals surface area contributed by atoms with Gasteiger partial charge >= 0.3 is 6.01 Å². The number of methoxy groups -OCH3 is 2. The summed E-state index contributed by atoms with van der Waals surface area (Å²) in [6.07, 6.45) is 2.85. The van der Waals surface area contributed by atoms with Gasteiger partial charge in [-0.2, -0.15) is 4.98 Å². The van der Waals surface area contributed by atoms with E-state index in [-0.39, 0.29) is 12.1 Å². The Balaban J connectivity index is 1.82. The highest BCUT2D eigenvalue weighted by atomic mass is 16.5. The third-order valence-corrected chi connectivity index (χ3v) is 4.40. The minimum atomic E-state index is 0.202. The molecule has 2 atom stereocenters. The van der Waals surface area contributed by atoms with Crippen molar-refractivity contribution in [3.63, 3.8) is 0 Å². The summed E-state index contributed by atoms with van der Waals surface area (Å²) in [7, 11) is 3.34. The topological polar surface area (TPSA) is 76.2 Å². The van der Waals surface area contributed by atoms with Gasteiger partial charge in [-0.1, -0.05) is 0 Å². The van der Waals surface area contributed by atoms with E-state index in [4.69, 9.17) is 9.47 Å². The van der Waals surface area contributed by atoms with Gasteiger partial charge in [0, 0.05) is 32.1 Å². The average molecular weight is 317 g/mol. The molecule has 1 N–H and O–H groups in total. The molecule has 3 rings (SSSR count). The van der Waals surface area contributed by atoms with Crippen LogP contribution in [0.1, 0.15) is 35.4 Å². The third-order valence-electron chi connectivity index (χ3n) is 4.40. The van der Waals surface area contributed by atoms with Crippen molar-refractivity contribution in [1.82, 2.24) is 24.8 Å². The number of hydrogen-bond acceptors (Lipinski definition) is 6. The highest BCUT2D eigenvalue weighted by Crippen LogP contribution is 2.33. The SMILES string of the molecule is COc1nccc(CN2C[C@H](OC)C[C@H]2c2nc(C)c(C)[nH]2)n1. The quantitative estimate of drug-likeness (QED) is 0.906. The minimum Gasteiger partial charge on any atom is -0.467 e. The molecule has 0 aromatic carbocycles. The van der Waals surface area contributed by atoms with Crippen molar-refractivity contribution in [3.05, 3.63) is 35.2 Å². The lowest BCUT2D eigenvalue weighted by Crippen LogP contribution is -2.26. The van der Waals surface area contributed by atoms with Crippen molar-refractivity contribution < 1.29 is 9.47 Å². The fourth-order valence-electron chi connectivity index (χ4n) is 2.99. The van der Waals surface area contributed by atoms with Gasteiger partial charge in [-0.3, -0.25) is 4.90 Å². The number of rotatable bonds is 5. The van der Waals surface area contributed by atoms with Gasteiger partial charge in [0.05, 0.1) is 30.6 Å². The van der Waals surface area contributed by atoms with Crippen molar-refractivity contribution in [2.75, 3.05) is 20.8 Å². The number of aromatic amines is 1. The van der Waals surface area contributed by atoms with E-state index in [2.05, 4.69) is 24.8 Å². The zero-order valence-corrected chi connectivity index (χ0v) is 14.0. The highest BCUT2D eigenvalue weighted by molar-refractivity contribution is 5.15. The van der Waals surface area contributed by atoms with E-state index in [0.717, 1.165) is 35.9 Å². The second-order valence-electron chi connectivity index (χ2n) is 5.91. The van der Waals surface area contributed by atoms with E-state index in [1.165, 1.54) is 0 Å². The number of hydrogen-bond donors (Lipinski definition) is 1. The van der Waals surface area contributed by atoms with Gasteiger partial charge in [-0.25, -0.2) is 9.97 Å². The highest BCUT2D eigenvalue weighted by Gasteiger charge is 2.35.